The Morgan fingerprint density at radius 3 is 2.41 bits per heavy atom. The van der Waals surface area contributed by atoms with Gasteiger partial charge < -0.3 is 10.6 Å². The Labute approximate surface area is 106 Å². The minimum Gasteiger partial charge on any atom is -0.355 e. The summed E-state index contributed by atoms with van der Waals surface area (Å²) >= 11 is 0. The summed E-state index contributed by atoms with van der Waals surface area (Å²) in [4.78, 5) is 13.9. The Bertz CT molecular complexity index is 207. The van der Waals surface area contributed by atoms with Gasteiger partial charge in [0.2, 0.25) is 5.91 Å². The number of nitrogens with zero attached hydrogens (tertiary/aromatic N) is 1. The van der Waals surface area contributed by atoms with Crippen molar-refractivity contribution in [3.8, 4) is 0 Å². The molecule has 102 valence electrons. The van der Waals surface area contributed by atoms with Gasteiger partial charge in [0.05, 0.1) is 6.04 Å². The van der Waals surface area contributed by atoms with Gasteiger partial charge in [0.25, 0.3) is 0 Å². The van der Waals surface area contributed by atoms with Crippen molar-refractivity contribution in [2.24, 2.45) is 5.92 Å². The Balaban J connectivity index is 3.78. The van der Waals surface area contributed by atoms with E-state index < -0.39 is 0 Å². The first-order valence-corrected chi connectivity index (χ1v) is 6.61. The van der Waals surface area contributed by atoms with Crippen LogP contribution in [0.25, 0.3) is 0 Å². The van der Waals surface area contributed by atoms with Crippen molar-refractivity contribution in [1.29, 1.82) is 0 Å². The number of rotatable bonds is 9. The Morgan fingerprint density at radius 2 is 1.88 bits per heavy atom. The van der Waals surface area contributed by atoms with Gasteiger partial charge >= 0.3 is 0 Å². The van der Waals surface area contributed by atoms with Crippen LogP contribution in [-0.2, 0) is 4.79 Å². The Kier molecular flexibility index (Phi) is 9.09. The molecule has 2 N–H and O–H groups in total. The van der Waals surface area contributed by atoms with Crippen LogP contribution in [0.15, 0.2) is 0 Å². The summed E-state index contributed by atoms with van der Waals surface area (Å²) in [5.74, 6) is 0.775. The predicted molar refractivity (Wildman–Crippen MR) is 73.1 cm³/mol. The van der Waals surface area contributed by atoms with Gasteiger partial charge in [0.15, 0.2) is 0 Å². The summed E-state index contributed by atoms with van der Waals surface area (Å²) in [5, 5.41) is 6.10. The molecule has 0 aliphatic rings. The molecular formula is C13H29N3O. The van der Waals surface area contributed by atoms with E-state index >= 15 is 0 Å². The fraction of sp³-hybridized carbons (Fsp3) is 0.923. The maximum absolute atomic E-state index is 11.8. The number of likely N-dealkylation sites (N-methyl/N-ethyl adjacent to an activating group) is 1. The first kappa shape index (κ1) is 16.4. The fourth-order valence-electron chi connectivity index (χ4n) is 1.53. The molecule has 1 atom stereocenters. The fourth-order valence-corrected chi connectivity index (χ4v) is 1.53. The number of hydrogen-bond acceptors (Lipinski definition) is 3. The minimum atomic E-state index is -0.0426. The monoisotopic (exact) mass is 243 g/mol. The van der Waals surface area contributed by atoms with Crippen LogP contribution >= 0.6 is 0 Å². The maximum atomic E-state index is 11.8. The van der Waals surface area contributed by atoms with E-state index in [1.807, 2.05) is 21.0 Å². The normalized spacial score (nSPS) is 13.1. The van der Waals surface area contributed by atoms with E-state index in [2.05, 4.69) is 29.4 Å². The van der Waals surface area contributed by atoms with E-state index in [1.165, 1.54) is 0 Å². The highest BCUT2D eigenvalue weighted by Crippen LogP contribution is 1.99. The first-order chi connectivity index (χ1) is 7.99. The zero-order valence-electron chi connectivity index (χ0n) is 12.0. The lowest BCUT2D eigenvalue weighted by molar-refractivity contribution is -0.125. The summed E-state index contributed by atoms with van der Waals surface area (Å²) in [7, 11) is 3.95. The quantitative estimate of drug-likeness (QED) is 0.596. The molecule has 0 saturated heterocycles. The van der Waals surface area contributed by atoms with Crippen molar-refractivity contribution in [3.05, 3.63) is 0 Å². The molecule has 0 aliphatic carbocycles. The summed E-state index contributed by atoms with van der Waals surface area (Å²) in [6.07, 6.45) is 2.11. The van der Waals surface area contributed by atoms with Crippen LogP contribution in [0, 0.1) is 5.92 Å². The lowest BCUT2D eigenvalue weighted by Crippen LogP contribution is -2.44. The second kappa shape index (κ2) is 9.42. The zero-order chi connectivity index (χ0) is 13.3. The van der Waals surface area contributed by atoms with Gasteiger partial charge in [0, 0.05) is 6.54 Å². The molecule has 17 heavy (non-hydrogen) atoms. The number of hydrogen-bond donors (Lipinski definition) is 2. The smallest absolute Gasteiger partial charge is 0.237 e. The van der Waals surface area contributed by atoms with Crippen LogP contribution in [0.1, 0.15) is 33.6 Å². The van der Waals surface area contributed by atoms with Crippen molar-refractivity contribution >= 4 is 5.91 Å². The topological polar surface area (TPSA) is 44.4 Å². The minimum absolute atomic E-state index is 0.0426. The molecule has 1 unspecified atom stereocenters. The maximum Gasteiger partial charge on any atom is 0.237 e. The van der Waals surface area contributed by atoms with E-state index in [4.69, 9.17) is 0 Å². The average Bonchev–Trinajstić information content (AvgIpc) is 2.27. The van der Waals surface area contributed by atoms with E-state index in [0.717, 1.165) is 32.5 Å². The number of carbonyl (C=O) groups excluding carboxylic acids is 1. The Morgan fingerprint density at radius 1 is 1.24 bits per heavy atom. The van der Waals surface area contributed by atoms with E-state index in [9.17, 15) is 4.79 Å². The number of carbonyl (C=O) groups is 1. The molecule has 4 nitrogen and oxygen atoms in total. The van der Waals surface area contributed by atoms with Crippen molar-refractivity contribution in [2.75, 3.05) is 33.7 Å². The van der Waals surface area contributed by atoms with E-state index in [0.29, 0.717) is 5.92 Å². The number of nitrogens with one attached hydrogen (secondary N) is 2. The molecule has 0 radical (unpaired) electrons. The Hall–Kier alpha value is -0.610. The SMILES string of the molecule is CNCCCN(C)C(C)C(=O)NCCC(C)C. The molecule has 0 heterocycles. The van der Waals surface area contributed by atoms with E-state index in [-0.39, 0.29) is 11.9 Å². The summed E-state index contributed by atoms with van der Waals surface area (Å²) in [6.45, 7) is 9.01. The van der Waals surface area contributed by atoms with Crippen LogP contribution in [0.2, 0.25) is 0 Å². The highest BCUT2D eigenvalue weighted by atomic mass is 16.2. The average molecular weight is 243 g/mol. The standard InChI is InChI=1S/C13H29N3O/c1-11(2)7-9-15-13(17)12(3)16(5)10-6-8-14-4/h11-12,14H,6-10H2,1-5H3,(H,15,17). The van der Waals surface area contributed by atoms with Crippen molar-refractivity contribution in [2.45, 2.75) is 39.7 Å². The van der Waals surface area contributed by atoms with Crippen LogP contribution in [0.3, 0.4) is 0 Å². The molecule has 4 heteroatoms. The molecule has 0 aliphatic heterocycles. The second-order valence-corrected chi connectivity index (χ2v) is 5.09. The molecule has 0 aromatic heterocycles. The molecule has 0 fully saturated rings. The molecule has 1 amide bonds. The molecule has 0 bridgehead atoms. The van der Waals surface area contributed by atoms with Gasteiger partial charge in [-0.15, -0.1) is 0 Å². The van der Waals surface area contributed by atoms with Crippen molar-refractivity contribution in [3.63, 3.8) is 0 Å². The summed E-state index contributed by atoms with van der Waals surface area (Å²) in [6, 6.07) is -0.0426. The third kappa shape index (κ3) is 8.16. The lowest BCUT2D eigenvalue weighted by Gasteiger charge is -2.23. The van der Waals surface area contributed by atoms with Crippen LogP contribution in [-0.4, -0.2) is 50.6 Å². The highest BCUT2D eigenvalue weighted by molar-refractivity contribution is 5.81. The van der Waals surface area contributed by atoms with Gasteiger partial charge in [-0.3, -0.25) is 9.69 Å². The lowest BCUT2D eigenvalue weighted by atomic mass is 10.1. The van der Waals surface area contributed by atoms with E-state index in [1.54, 1.807) is 0 Å². The van der Waals surface area contributed by atoms with Gasteiger partial charge in [0.1, 0.15) is 0 Å². The second-order valence-electron chi connectivity index (χ2n) is 5.09. The molecule has 0 spiro atoms. The van der Waals surface area contributed by atoms with Crippen molar-refractivity contribution < 1.29 is 4.79 Å². The van der Waals surface area contributed by atoms with Gasteiger partial charge in [-0.1, -0.05) is 13.8 Å². The molecular weight excluding hydrogens is 214 g/mol. The predicted octanol–water partition coefficient (Wildman–Crippen LogP) is 1.08. The molecule has 0 aromatic rings. The zero-order valence-corrected chi connectivity index (χ0v) is 12.0. The van der Waals surface area contributed by atoms with Gasteiger partial charge in [-0.2, -0.15) is 0 Å². The van der Waals surface area contributed by atoms with Crippen molar-refractivity contribution in [1.82, 2.24) is 15.5 Å². The molecule has 0 aromatic carbocycles. The number of amides is 1. The van der Waals surface area contributed by atoms with Crippen LogP contribution in [0.5, 0.6) is 0 Å². The van der Waals surface area contributed by atoms with Gasteiger partial charge in [-0.05, 0) is 52.9 Å². The largest absolute Gasteiger partial charge is 0.355 e. The summed E-state index contributed by atoms with van der Waals surface area (Å²) < 4.78 is 0. The highest BCUT2D eigenvalue weighted by Gasteiger charge is 2.16. The molecule has 0 saturated carbocycles. The first-order valence-electron chi connectivity index (χ1n) is 6.61. The molecule has 0 rings (SSSR count). The van der Waals surface area contributed by atoms with Crippen LogP contribution < -0.4 is 10.6 Å². The van der Waals surface area contributed by atoms with Gasteiger partial charge in [-0.25, -0.2) is 0 Å². The van der Waals surface area contributed by atoms with Crippen LogP contribution in [0.4, 0.5) is 0 Å². The summed E-state index contributed by atoms with van der Waals surface area (Å²) in [5.41, 5.74) is 0. The third-order valence-corrected chi connectivity index (χ3v) is 3.00. The third-order valence-electron chi connectivity index (χ3n) is 3.00.